The molecule has 1 aromatic carbocycles. The zero-order valence-electron chi connectivity index (χ0n) is 9.06. The third kappa shape index (κ3) is 4.46. The molecule has 0 fully saturated rings. The maximum atomic E-state index is 11.1. The Hall–Kier alpha value is -1.33. The molecule has 0 aliphatic carbocycles. The minimum atomic E-state index is -3.30. The summed E-state index contributed by atoms with van der Waals surface area (Å²) in [5.41, 5.74) is 1.47. The van der Waals surface area contributed by atoms with Crippen molar-refractivity contribution in [3.8, 4) is 0 Å². The molecule has 0 heterocycles. The predicted molar refractivity (Wildman–Crippen MR) is 63.7 cm³/mol. The zero-order chi connectivity index (χ0) is 12.2. The van der Waals surface area contributed by atoms with E-state index in [1.165, 1.54) is 6.92 Å². The van der Waals surface area contributed by atoms with Crippen LogP contribution >= 0.6 is 0 Å². The fourth-order valence-corrected chi connectivity index (χ4v) is 2.08. The van der Waals surface area contributed by atoms with Crippen LogP contribution in [0.15, 0.2) is 24.3 Å². The number of hydrogen-bond acceptors (Lipinski definition) is 3. The molecule has 0 spiro atoms. The molecule has 4 nitrogen and oxygen atoms in total. The molecular formula is C11H14NO3S-. The van der Waals surface area contributed by atoms with Gasteiger partial charge >= 0.3 is 0 Å². The first kappa shape index (κ1) is 12.7. The molecule has 5 heteroatoms. The van der Waals surface area contributed by atoms with Crippen LogP contribution in [0.5, 0.6) is 0 Å². The summed E-state index contributed by atoms with van der Waals surface area (Å²) in [4.78, 5) is 10.8. The molecule has 0 aromatic heterocycles. The van der Waals surface area contributed by atoms with Crippen molar-refractivity contribution in [2.75, 3.05) is 0 Å². The standard InChI is InChI=1S/C11H15NO3S/c1-9(13)12-7-10-5-3-4-6-11(10)8-16(2,14)15/h3-6H,2,7-8H2,1H3,(H,12,13)(H,14,15)/p-1. The summed E-state index contributed by atoms with van der Waals surface area (Å²) in [6.45, 7) is 1.75. The average Bonchev–Trinajstić information content (AvgIpc) is 2.14. The molecule has 88 valence electrons. The Morgan fingerprint density at radius 3 is 2.50 bits per heavy atom. The highest BCUT2D eigenvalue weighted by molar-refractivity contribution is 7.94. The Labute approximate surface area is 95.5 Å². The van der Waals surface area contributed by atoms with Gasteiger partial charge in [0.1, 0.15) is 0 Å². The summed E-state index contributed by atoms with van der Waals surface area (Å²) in [5.74, 6) is 2.83. The number of benzene rings is 1. The number of hydrogen-bond donors (Lipinski definition) is 1. The lowest BCUT2D eigenvalue weighted by molar-refractivity contribution is -0.119. The molecule has 0 saturated heterocycles. The first-order valence-corrected chi connectivity index (χ1v) is 6.57. The minimum absolute atomic E-state index is 0.108. The van der Waals surface area contributed by atoms with Gasteiger partial charge in [0.25, 0.3) is 0 Å². The molecule has 0 aliphatic rings. The van der Waals surface area contributed by atoms with Crippen LogP contribution in [-0.2, 0) is 26.9 Å². The van der Waals surface area contributed by atoms with E-state index in [-0.39, 0.29) is 11.7 Å². The van der Waals surface area contributed by atoms with E-state index < -0.39 is 9.80 Å². The van der Waals surface area contributed by atoms with Gasteiger partial charge in [0, 0.05) is 19.2 Å². The molecular weight excluding hydrogens is 226 g/mol. The van der Waals surface area contributed by atoms with Crippen LogP contribution in [0.1, 0.15) is 18.1 Å². The summed E-state index contributed by atoms with van der Waals surface area (Å²) in [6, 6.07) is 7.07. The van der Waals surface area contributed by atoms with E-state index >= 15 is 0 Å². The fourth-order valence-electron chi connectivity index (χ4n) is 1.33. The van der Waals surface area contributed by atoms with E-state index in [9.17, 15) is 13.6 Å². The minimum Gasteiger partial charge on any atom is -0.778 e. The van der Waals surface area contributed by atoms with Crippen molar-refractivity contribution in [1.82, 2.24) is 5.32 Å². The topological polar surface area (TPSA) is 69.2 Å². The molecule has 0 aliphatic heterocycles. The quantitative estimate of drug-likeness (QED) is 0.786. The van der Waals surface area contributed by atoms with Crippen molar-refractivity contribution in [2.45, 2.75) is 19.2 Å². The zero-order valence-corrected chi connectivity index (χ0v) is 9.88. The van der Waals surface area contributed by atoms with Crippen molar-refractivity contribution in [3.05, 3.63) is 35.4 Å². The first-order chi connectivity index (χ1) is 7.38. The third-order valence-electron chi connectivity index (χ3n) is 2.02. The van der Waals surface area contributed by atoms with Crippen molar-refractivity contribution < 1.29 is 13.6 Å². The van der Waals surface area contributed by atoms with Crippen LogP contribution in [0.4, 0.5) is 0 Å². The van der Waals surface area contributed by atoms with Gasteiger partial charge in [-0.15, -0.1) is 0 Å². The fraction of sp³-hybridized carbons (Fsp3) is 0.273. The van der Waals surface area contributed by atoms with Crippen LogP contribution in [0, 0.1) is 0 Å². The highest BCUT2D eigenvalue weighted by atomic mass is 32.2. The smallest absolute Gasteiger partial charge is 0.217 e. The Morgan fingerprint density at radius 1 is 1.44 bits per heavy atom. The van der Waals surface area contributed by atoms with Gasteiger partial charge in [-0.2, -0.15) is 0 Å². The molecule has 16 heavy (non-hydrogen) atoms. The van der Waals surface area contributed by atoms with Crippen molar-refractivity contribution in [3.63, 3.8) is 0 Å². The Bertz CT molecular complexity index is 480. The van der Waals surface area contributed by atoms with E-state index in [4.69, 9.17) is 0 Å². The van der Waals surface area contributed by atoms with Gasteiger partial charge in [-0.3, -0.25) is 9.00 Å². The Morgan fingerprint density at radius 2 is 2.00 bits per heavy atom. The normalized spacial score (nSPS) is 14.1. The molecule has 1 amide bonds. The second-order valence-electron chi connectivity index (χ2n) is 3.57. The predicted octanol–water partition coefficient (Wildman–Crippen LogP) is 0.669. The maximum Gasteiger partial charge on any atom is 0.217 e. The van der Waals surface area contributed by atoms with E-state index in [0.717, 1.165) is 5.56 Å². The highest BCUT2D eigenvalue weighted by Gasteiger charge is 2.03. The molecule has 1 rings (SSSR count). The van der Waals surface area contributed by atoms with Crippen LogP contribution in [0.2, 0.25) is 0 Å². The molecule has 1 atom stereocenters. The van der Waals surface area contributed by atoms with Gasteiger partial charge in [0.05, 0.1) is 0 Å². The van der Waals surface area contributed by atoms with E-state index in [2.05, 4.69) is 11.2 Å². The lowest BCUT2D eigenvalue weighted by Crippen LogP contribution is -2.20. The van der Waals surface area contributed by atoms with Crippen molar-refractivity contribution >= 4 is 21.6 Å². The molecule has 0 saturated carbocycles. The Balaban J connectivity index is 2.87. The number of amides is 1. The summed E-state index contributed by atoms with van der Waals surface area (Å²) in [7, 11) is -3.30. The van der Waals surface area contributed by atoms with E-state index in [0.29, 0.717) is 12.1 Å². The van der Waals surface area contributed by atoms with Crippen LogP contribution in [-0.4, -0.2) is 20.5 Å². The molecule has 0 bridgehead atoms. The van der Waals surface area contributed by atoms with Gasteiger partial charge in [0.15, 0.2) is 0 Å². The van der Waals surface area contributed by atoms with Gasteiger partial charge < -0.3 is 9.87 Å². The third-order valence-corrected chi connectivity index (χ3v) is 2.77. The second-order valence-corrected chi connectivity index (χ2v) is 5.34. The van der Waals surface area contributed by atoms with Crippen molar-refractivity contribution in [2.24, 2.45) is 0 Å². The number of carbonyl (C=O) groups excluding carboxylic acids is 1. The van der Waals surface area contributed by atoms with Crippen LogP contribution in [0.3, 0.4) is 0 Å². The highest BCUT2D eigenvalue weighted by Crippen LogP contribution is 2.11. The van der Waals surface area contributed by atoms with E-state index in [1.807, 2.05) is 0 Å². The van der Waals surface area contributed by atoms with Gasteiger partial charge in [0.2, 0.25) is 5.91 Å². The Kier molecular flexibility index (Phi) is 4.09. The summed E-state index contributed by atoms with van der Waals surface area (Å²) < 4.78 is 22.2. The summed E-state index contributed by atoms with van der Waals surface area (Å²) in [5, 5.41) is 2.63. The number of rotatable bonds is 4. The lowest BCUT2D eigenvalue weighted by atomic mass is 10.1. The van der Waals surface area contributed by atoms with Crippen LogP contribution < -0.4 is 5.32 Å². The number of carbonyl (C=O) groups is 1. The number of nitrogens with one attached hydrogen (secondary N) is 1. The van der Waals surface area contributed by atoms with Gasteiger partial charge in [-0.1, -0.05) is 39.9 Å². The van der Waals surface area contributed by atoms with E-state index in [1.54, 1.807) is 24.3 Å². The average molecular weight is 240 g/mol. The second kappa shape index (κ2) is 5.14. The summed E-state index contributed by atoms with van der Waals surface area (Å²) in [6.07, 6.45) is 0. The van der Waals surface area contributed by atoms with Crippen molar-refractivity contribution in [1.29, 1.82) is 0 Å². The molecule has 1 N–H and O–H groups in total. The molecule has 1 aromatic rings. The summed E-state index contributed by atoms with van der Waals surface area (Å²) >= 11 is 0. The molecule has 1 unspecified atom stereocenters. The largest absolute Gasteiger partial charge is 0.778 e. The molecule has 0 radical (unpaired) electrons. The van der Waals surface area contributed by atoms with Gasteiger partial charge in [-0.25, -0.2) is 0 Å². The monoisotopic (exact) mass is 240 g/mol. The SMILES string of the molecule is C=S(=O)([O-])Cc1ccccc1CNC(C)=O. The lowest BCUT2D eigenvalue weighted by Gasteiger charge is -2.15. The van der Waals surface area contributed by atoms with Gasteiger partial charge in [-0.05, 0) is 11.1 Å². The maximum absolute atomic E-state index is 11.1. The van der Waals surface area contributed by atoms with Crippen LogP contribution in [0.25, 0.3) is 0 Å². The first-order valence-electron chi connectivity index (χ1n) is 4.75.